The van der Waals surface area contributed by atoms with Gasteiger partial charge in [0.2, 0.25) is 0 Å². The predicted molar refractivity (Wildman–Crippen MR) is 101 cm³/mol. The Kier molecular flexibility index (Phi) is 6.08. The highest BCUT2D eigenvalue weighted by Gasteiger charge is 2.17. The molecule has 0 saturated carbocycles. The number of carbonyl (C=O) groups is 2. The van der Waals surface area contributed by atoms with Crippen molar-refractivity contribution in [2.45, 2.75) is 13.0 Å². The zero-order chi connectivity index (χ0) is 19.4. The van der Waals surface area contributed by atoms with E-state index in [1.807, 2.05) is 19.1 Å². The summed E-state index contributed by atoms with van der Waals surface area (Å²) in [4.78, 5) is 24.1. The van der Waals surface area contributed by atoms with E-state index in [2.05, 4.69) is 5.32 Å². The van der Waals surface area contributed by atoms with Gasteiger partial charge in [-0.25, -0.2) is 4.79 Å². The molecule has 0 bridgehead atoms. The lowest BCUT2D eigenvalue weighted by molar-refractivity contribution is -0.124. The smallest absolute Gasteiger partial charge is 0.338 e. The average molecular weight is 410 g/mol. The second-order valence-corrected chi connectivity index (χ2v) is 6.71. The molecule has 1 aliphatic heterocycles. The average Bonchev–Trinajstić information content (AvgIpc) is 2.67. The van der Waals surface area contributed by atoms with Crippen molar-refractivity contribution >= 4 is 35.1 Å². The standard InChI is InChI=1S/C19H17Cl2NO5/c1-11(12-3-5-16-17(9-12)26-7-6-25-16)22-18(23)10-27-19(24)13-2-4-14(20)15(21)8-13/h2-5,8-9,11H,6-7,10H2,1H3,(H,22,23)/t11-/m0/s1. The van der Waals surface area contributed by atoms with Crippen LogP contribution < -0.4 is 14.8 Å². The normalized spacial score (nSPS) is 13.6. The molecule has 0 aromatic heterocycles. The van der Waals surface area contributed by atoms with Gasteiger partial charge in [-0.1, -0.05) is 29.3 Å². The van der Waals surface area contributed by atoms with E-state index in [1.54, 1.807) is 6.07 Å². The van der Waals surface area contributed by atoms with E-state index in [0.29, 0.717) is 29.7 Å². The maximum atomic E-state index is 12.1. The van der Waals surface area contributed by atoms with Crippen molar-refractivity contribution in [2.75, 3.05) is 19.8 Å². The lowest BCUT2D eigenvalue weighted by Gasteiger charge is -2.21. The van der Waals surface area contributed by atoms with Gasteiger partial charge in [-0.05, 0) is 42.8 Å². The van der Waals surface area contributed by atoms with E-state index < -0.39 is 18.5 Å². The van der Waals surface area contributed by atoms with E-state index in [1.165, 1.54) is 18.2 Å². The Morgan fingerprint density at radius 2 is 1.81 bits per heavy atom. The lowest BCUT2D eigenvalue weighted by Crippen LogP contribution is -2.31. The Hall–Kier alpha value is -2.44. The second kappa shape index (κ2) is 8.50. The van der Waals surface area contributed by atoms with Crippen molar-refractivity contribution in [1.82, 2.24) is 5.32 Å². The minimum atomic E-state index is -0.657. The number of nitrogens with one attached hydrogen (secondary N) is 1. The Morgan fingerprint density at radius 1 is 1.07 bits per heavy atom. The molecule has 2 aromatic carbocycles. The van der Waals surface area contributed by atoms with Gasteiger partial charge >= 0.3 is 5.97 Å². The third-order valence-corrected chi connectivity index (χ3v) is 4.67. The van der Waals surface area contributed by atoms with Crippen LogP contribution in [0.25, 0.3) is 0 Å². The molecule has 0 saturated heterocycles. The van der Waals surface area contributed by atoms with Gasteiger partial charge < -0.3 is 19.5 Å². The summed E-state index contributed by atoms with van der Waals surface area (Å²) in [6, 6.07) is 9.54. The van der Waals surface area contributed by atoms with Gasteiger partial charge in [-0.15, -0.1) is 0 Å². The summed E-state index contributed by atoms with van der Waals surface area (Å²) >= 11 is 11.7. The molecule has 0 unspecified atom stereocenters. The van der Waals surface area contributed by atoms with E-state index in [0.717, 1.165) is 5.56 Å². The zero-order valence-corrected chi connectivity index (χ0v) is 16.0. The fourth-order valence-corrected chi connectivity index (χ4v) is 2.83. The first-order valence-corrected chi connectivity index (χ1v) is 9.00. The maximum Gasteiger partial charge on any atom is 0.338 e. The molecule has 27 heavy (non-hydrogen) atoms. The molecule has 1 aliphatic rings. The molecule has 6 nitrogen and oxygen atoms in total. The molecule has 142 valence electrons. The summed E-state index contributed by atoms with van der Waals surface area (Å²) in [5.74, 6) is 0.242. The van der Waals surface area contributed by atoms with Crippen LogP contribution in [0.15, 0.2) is 36.4 Å². The molecule has 1 heterocycles. The van der Waals surface area contributed by atoms with Crippen LogP contribution in [0.5, 0.6) is 11.5 Å². The molecular weight excluding hydrogens is 393 g/mol. The first-order valence-electron chi connectivity index (χ1n) is 8.25. The van der Waals surface area contributed by atoms with Gasteiger partial charge in [-0.3, -0.25) is 4.79 Å². The molecule has 2 aromatic rings. The fraction of sp³-hybridized carbons (Fsp3) is 0.263. The van der Waals surface area contributed by atoms with Crippen LogP contribution in [0.4, 0.5) is 0 Å². The van der Waals surface area contributed by atoms with Crippen molar-refractivity contribution in [3.8, 4) is 11.5 Å². The number of hydrogen-bond donors (Lipinski definition) is 1. The summed E-state index contributed by atoms with van der Waals surface area (Å²) in [5.41, 5.74) is 1.07. The van der Waals surface area contributed by atoms with Crippen LogP contribution in [-0.2, 0) is 9.53 Å². The van der Waals surface area contributed by atoms with Crippen molar-refractivity contribution in [3.63, 3.8) is 0 Å². The molecule has 3 rings (SSSR count). The predicted octanol–water partition coefficient (Wildman–Crippen LogP) is 3.80. The van der Waals surface area contributed by atoms with Crippen molar-refractivity contribution < 1.29 is 23.8 Å². The van der Waals surface area contributed by atoms with Crippen LogP contribution in [0.2, 0.25) is 10.0 Å². The maximum absolute atomic E-state index is 12.1. The zero-order valence-electron chi connectivity index (χ0n) is 14.5. The van der Waals surface area contributed by atoms with Gasteiger partial charge in [0.15, 0.2) is 18.1 Å². The highest BCUT2D eigenvalue weighted by Crippen LogP contribution is 2.32. The Labute approximate surface area is 166 Å². The molecule has 1 atom stereocenters. The number of rotatable bonds is 5. The third kappa shape index (κ3) is 4.84. The van der Waals surface area contributed by atoms with Gasteiger partial charge in [-0.2, -0.15) is 0 Å². The fourth-order valence-electron chi connectivity index (χ4n) is 2.53. The first-order chi connectivity index (χ1) is 12.9. The van der Waals surface area contributed by atoms with Gasteiger partial charge in [0, 0.05) is 0 Å². The number of carbonyl (C=O) groups excluding carboxylic acids is 2. The number of fused-ring (bicyclic) bond motifs is 1. The van der Waals surface area contributed by atoms with E-state index in [9.17, 15) is 9.59 Å². The summed E-state index contributed by atoms with van der Waals surface area (Å²) in [6.45, 7) is 2.42. The number of ether oxygens (including phenoxy) is 3. The Balaban J connectivity index is 1.54. The molecular formula is C19H17Cl2NO5. The van der Waals surface area contributed by atoms with E-state index in [4.69, 9.17) is 37.4 Å². The highest BCUT2D eigenvalue weighted by molar-refractivity contribution is 6.42. The summed E-state index contributed by atoms with van der Waals surface area (Å²) in [6.07, 6.45) is 0. The van der Waals surface area contributed by atoms with Crippen LogP contribution in [0, 0.1) is 0 Å². The molecule has 1 N–H and O–H groups in total. The Morgan fingerprint density at radius 3 is 2.56 bits per heavy atom. The van der Waals surface area contributed by atoms with E-state index in [-0.39, 0.29) is 16.6 Å². The van der Waals surface area contributed by atoms with Gasteiger partial charge in [0.25, 0.3) is 5.91 Å². The molecule has 8 heteroatoms. The molecule has 1 amide bonds. The Bertz CT molecular complexity index is 871. The number of hydrogen-bond acceptors (Lipinski definition) is 5. The highest BCUT2D eigenvalue weighted by atomic mass is 35.5. The van der Waals surface area contributed by atoms with Crippen molar-refractivity contribution in [3.05, 3.63) is 57.6 Å². The first kappa shape index (κ1) is 19.3. The minimum absolute atomic E-state index is 0.220. The topological polar surface area (TPSA) is 73.9 Å². The van der Waals surface area contributed by atoms with Crippen LogP contribution in [0.3, 0.4) is 0 Å². The number of amides is 1. The summed E-state index contributed by atoms with van der Waals surface area (Å²) < 4.78 is 16.0. The third-order valence-electron chi connectivity index (χ3n) is 3.93. The summed E-state index contributed by atoms with van der Waals surface area (Å²) in [7, 11) is 0. The van der Waals surface area contributed by atoms with Gasteiger partial charge in [0.05, 0.1) is 21.7 Å². The molecule has 0 radical (unpaired) electrons. The molecule has 0 fully saturated rings. The lowest BCUT2D eigenvalue weighted by atomic mass is 10.1. The largest absolute Gasteiger partial charge is 0.486 e. The van der Waals surface area contributed by atoms with E-state index >= 15 is 0 Å². The number of esters is 1. The van der Waals surface area contributed by atoms with Crippen molar-refractivity contribution in [1.29, 1.82) is 0 Å². The monoisotopic (exact) mass is 409 g/mol. The summed E-state index contributed by atoms with van der Waals surface area (Å²) in [5, 5.41) is 3.34. The van der Waals surface area contributed by atoms with Gasteiger partial charge in [0.1, 0.15) is 13.2 Å². The SMILES string of the molecule is C[C@H](NC(=O)COC(=O)c1ccc(Cl)c(Cl)c1)c1ccc2c(c1)OCCO2. The number of benzene rings is 2. The quantitative estimate of drug-likeness (QED) is 0.760. The molecule has 0 aliphatic carbocycles. The van der Waals surface area contributed by atoms with Crippen LogP contribution in [-0.4, -0.2) is 31.7 Å². The van der Waals surface area contributed by atoms with Crippen LogP contribution in [0.1, 0.15) is 28.9 Å². The van der Waals surface area contributed by atoms with Crippen molar-refractivity contribution in [2.24, 2.45) is 0 Å². The minimum Gasteiger partial charge on any atom is -0.486 e. The number of halogens is 2. The molecule has 0 spiro atoms. The van der Waals surface area contributed by atoms with Crippen LogP contribution >= 0.6 is 23.2 Å². The second-order valence-electron chi connectivity index (χ2n) is 5.90.